The number of aliphatic hydroxyl groups is 1. The van der Waals surface area contributed by atoms with Crippen LogP contribution in [-0.4, -0.2) is 47.6 Å². The molecule has 0 spiro atoms. The molecule has 8 heteroatoms. The summed E-state index contributed by atoms with van der Waals surface area (Å²) < 4.78 is 3.58. The van der Waals surface area contributed by atoms with E-state index < -0.39 is 17.7 Å². The number of aromatic nitrogens is 4. The van der Waals surface area contributed by atoms with Gasteiger partial charge in [-0.25, -0.2) is 4.98 Å². The van der Waals surface area contributed by atoms with E-state index in [2.05, 4.69) is 10.1 Å². The van der Waals surface area contributed by atoms with Crippen molar-refractivity contribution < 1.29 is 14.7 Å². The highest BCUT2D eigenvalue weighted by atomic mass is 16.3. The van der Waals surface area contributed by atoms with Crippen LogP contribution in [0.2, 0.25) is 0 Å². The molecule has 0 aliphatic carbocycles. The van der Waals surface area contributed by atoms with Crippen LogP contribution in [-0.2, 0) is 23.2 Å². The van der Waals surface area contributed by atoms with Crippen LogP contribution in [0.4, 0.5) is 0 Å². The third-order valence-electron chi connectivity index (χ3n) is 5.78. The molecule has 1 aliphatic heterocycles. The molecule has 1 atom stereocenters. The second-order valence-electron chi connectivity index (χ2n) is 7.73. The number of hydrogen-bond donors (Lipinski definition) is 1. The Bertz CT molecular complexity index is 1150. The lowest BCUT2D eigenvalue weighted by atomic mass is 9.94. The summed E-state index contributed by atoms with van der Waals surface area (Å²) in [5.74, 6) is -1.44. The van der Waals surface area contributed by atoms with E-state index in [1.807, 2.05) is 48.0 Å². The first-order valence-electron chi connectivity index (χ1n) is 10.2. The number of imidazole rings is 1. The SMILES string of the molecule is Cc1nn(C)c(C)c1C(O)=C1C(=O)C(=O)N(CCCn2ccnc2)C1c1ccccc1. The number of hydrogen-bond acceptors (Lipinski definition) is 5. The van der Waals surface area contributed by atoms with Gasteiger partial charge in [0.2, 0.25) is 0 Å². The highest BCUT2D eigenvalue weighted by molar-refractivity contribution is 6.46. The zero-order valence-corrected chi connectivity index (χ0v) is 17.8. The molecule has 1 aromatic carbocycles. The number of aliphatic hydroxyl groups excluding tert-OH is 1. The highest BCUT2D eigenvalue weighted by Gasteiger charge is 2.46. The minimum absolute atomic E-state index is 0.109. The number of benzene rings is 1. The van der Waals surface area contributed by atoms with Crippen LogP contribution in [0, 0.1) is 13.8 Å². The van der Waals surface area contributed by atoms with E-state index in [1.54, 1.807) is 36.1 Å². The molecule has 0 radical (unpaired) electrons. The fourth-order valence-electron chi connectivity index (χ4n) is 4.19. The number of likely N-dealkylation sites (tertiary alicyclic amines) is 1. The number of aryl methyl sites for hydroxylation is 3. The molecule has 4 rings (SSSR count). The maximum atomic E-state index is 13.1. The molecule has 31 heavy (non-hydrogen) atoms. The first kappa shape index (κ1) is 20.6. The van der Waals surface area contributed by atoms with Crippen molar-refractivity contribution in [2.75, 3.05) is 6.54 Å². The van der Waals surface area contributed by atoms with Gasteiger partial charge in [0, 0.05) is 38.2 Å². The number of rotatable bonds is 6. The molecular weight excluding hydrogens is 394 g/mol. The number of Topliss-reactive ketones (excluding diaryl/α,β-unsaturated/α-hetero) is 1. The van der Waals surface area contributed by atoms with Crippen LogP contribution >= 0.6 is 0 Å². The average Bonchev–Trinajstić information content (AvgIpc) is 3.43. The van der Waals surface area contributed by atoms with Crippen LogP contribution in [0.5, 0.6) is 0 Å². The molecule has 1 unspecified atom stereocenters. The summed E-state index contributed by atoms with van der Waals surface area (Å²) in [4.78, 5) is 31.7. The van der Waals surface area contributed by atoms with Gasteiger partial charge in [-0.05, 0) is 25.8 Å². The highest BCUT2D eigenvalue weighted by Crippen LogP contribution is 2.40. The van der Waals surface area contributed by atoms with Crippen molar-refractivity contribution in [2.45, 2.75) is 32.9 Å². The topological polar surface area (TPSA) is 93.2 Å². The third-order valence-corrected chi connectivity index (χ3v) is 5.78. The zero-order valence-electron chi connectivity index (χ0n) is 17.8. The Hall–Kier alpha value is -3.68. The Morgan fingerprint density at radius 2 is 1.87 bits per heavy atom. The van der Waals surface area contributed by atoms with Crippen molar-refractivity contribution in [3.63, 3.8) is 0 Å². The molecule has 1 saturated heterocycles. The van der Waals surface area contributed by atoms with Crippen molar-refractivity contribution in [1.29, 1.82) is 0 Å². The lowest BCUT2D eigenvalue weighted by Gasteiger charge is -2.25. The largest absolute Gasteiger partial charge is 0.507 e. The molecule has 1 aliphatic rings. The first-order chi connectivity index (χ1) is 14.9. The van der Waals surface area contributed by atoms with E-state index in [0.717, 1.165) is 11.3 Å². The number of carbonyl (C=O) groups is 2. The van der Waals surface area contributed by atoms with Gasteiger partial charge in [-0.3, -0.25) is 14.3 Å². The predicted octanol–water partition coefficient (Wildman–Crippen LogP) is 2.75. The van der Waals surface area contributed by atoms with Crippen LogP contribution in [0.1, 0.15) is 35.0 Å². The normalized spacial score (nSPS) is 18.2. The van der Waals surface area contributed by atoms with E-state index in [4.69, 9.17) is 0 Å². The molecule has 3 heterocycles. The standard InChI is InChI=1S/C23H25N5O3/c1-15-18(16(2)26(3)25-15)21(29)19-20(17-8-5-4-6-9-17)28(23(31)22(19)30)12-7-11-27-13-10-24-14-27/h4-6,8-10,13-14,20,29H,7,11-12H2,1-3H3. The van der Waals surface area contributed by atoms with Gasteiger partial charge in [0.25, 0.3) is 11.7 Å². The summed E-state index contributed by atoms with van der Waals surface area (Å²) in [6, 6.07) is 8.70. The van der Waals surface area contributed by atoms with Gasteiger partial charge >= 0.3 is 0 Å². The van der Waals surface area contributed by atoms with Gasteiger partial charge < -0.3 is 14.6 Å². The average molecular weight is 419 g/mol. The quantitative estimate of drug-likeness (QED) is 0.377. The third kappa shape index (κ3) is 3.65. The minimum Gasteiger partial charge on any atom is -0.507 e. The smallest absolute Gasteiger partial charge is 0.295 e. The number of nitrogens with zero attached hydrogens (tertiary/aromatic N) is 5. The lowest BCUT2D eigenvalue weighted by Crippen LogP contribution is -2.31. The summed E-state index contributed by atoms with van der Waals surface area (Å²) in [5.41, 5.74) is 2.73. The van der Waals surface area contributed by atoms with Crippen molar-refractivity contribution >= 4 is 17.4 Å². The molecule has 0 bridgehead atoms. The van der Waals surface area contributed by atoms with Gasteiger partial charge in [-0.1, -0.05) is 30.3 Å². The Morgan fingerprint density at radius 3 is 2.48 bits per heavy atom. The molecule has 0 saturated carbocycles. The van der Waals surface area contributed by atoms with Crippen molar-refractivity contribution in [1.82, 2.24) is 24.2 Å². The van der Waals surface area contributed by atoms with Crippen molar-refractivity contribution in [2.24, 2.45) is 7.05 Å². The van der Waals surface area contributed by atoms with Gasteiger partial charge in [-0.2, -0.15) is 5.10 Å². The summed E-state index contributed by atoms with van der Waals surface area (Å²) >= 11 is 0. The van der Waals surface area contributed by atoms with Crippen molar-refractivity contribution in [3.8, 4) is 0 Å². The Morgan fingerprint density at radius 1 is 1.13 bits per heavy atom. The minimum atomic E-state index is -0.670. The summed E-state index contributed by atoms with van der Waals surface area (Å²) in [5, 5.41) is 15.6. The second-order valence-corrected chi connectivity index (χ2v) is 7.73. The fraction of sp³-hybridized carbons (Fsp3) is 0.304. The maximum absolute atomic E-state index is 13.1. The molecule has 1 fully saturated rings. The molecule has 3 aromatic rings. The Labute approximate surface area is 180 Å². The van der Waals surface area contributed by atoms with Gasteiger partial charge in [0.1, 0.15) is 5.76 Å². The fourth-order valence-corrected chi connectivity index (χ4v) is 4.19. The number of amides is 1. The molecule has 8 nitrogen and oxygen atoms in total. The molecular formula is C23H25N5O3. The summed E-state index contributed by atoms with van der Waals surface area (Å²) in [6.07, 6.45) is 5.93. The molecule has 160 valence electrons. The number of ketones is 1. The van der Waals surface area contributed by atoms with Crippen LogP contribution in [0.15, 0.2) is 54.6 Å². The first-order valence-corrected chi connectivity index (χ1v) is 10.2. The molecule has 1 amide bonds. The zero-order chi connectivity index (χ0) is 22.1. The molecule has 1 N–H and O–H groups in total. The summed E-state index contributed by atoms with van der Waals surface area (Å²) in [6.45, 7) is 4.66. The van der Waals surface area contributed by atoms with Gasteiger partial charge in [-0.15, -0.1) is 0 Å². The van der Waals surface area contributed by atoms with E-state index >= 15 is 0 Å². The predicted molar refractivity (Wildman–Crippen MR) is 115 cm³/mol. The van der Waals surface area contributed by atoms with Crippen LogP contribution in [0.25, 0.3) is 5.76 Å². The second kappa shape index (κ2) is 8.22. The van der Waals surface area contributed by atoms with Crippen molar-refractivity contribution in [3.05, 3.63) is 77.1 Å². The van der Waals surface area contributed by atoms with Crippen LogP contribution < -0.4 is 0 Å². The van der Waals surface area contributed by atoms with Gasteiger partial charge in [0.05, 0.1) is 29.2 Å². The monoisotopic (exact) mass is 419 g/mol. The van der Waals surface area contributed by atoms with E-state index in [1.165, 1.54) is 0 Å². The Balaban J connectivity index is 1.76. The van der Waals surface area contributed by atoms with Gasteiger partial charge in [0.15, 0.2) is 0 Å². The summed E-state index contributed by atoms with van der Waals surface area (Å²) in [7, 11) is 1.78. The lowest BCUT2D eigenvalue weighted by molar-refractivity contribution is -0.139. The number of carbonyl (C=O) groups excluding carboxylic acids is 2. The Kier molecular flexibility index (Phi) is 5.46. The van der Waals surface area contributed by atoms with E-state index in [-0.39, 0.29) is 11.3 Å². The maximum Gasteiger partial charge on any atom is 0.295 e. The van der Waals surface area contributed by atoms with Crippen LogP contribution in [0.3, 0.4) is 0 Å². The van der Waals surface area contributed by atoms with E-state index in [9.17, 15) is 14.7 Å². The van der Waals surface area contributed by atoms with E-state index in [0.29, 0.717) is 30.8 Å². The molecule has 2 aromatic heterocycles.